The average molecular weight is 181 g/mol. The maximum Gasteiger partial charge on any atom is 0.168 e. The molecule has 3 heteroatoms. The molecule has 0 saturated heterocycles. The Hall–Kier alpha value is -1.09. The Bertz CT molecular complexity index is 325. The molecule has 0 aromatic heterocycles. The van der Waals surface area contributed by atoms with Crippen molar-refractivity contribution >= 4 is 0 Å². The van der Waals surface area contributed by atoms with E-state index in [9.17, 15) is 4.39 Å². The third-order valence-electron chi connectivity index (χ3n) is 2.21. The molecule has 2 rings (SSSR count). The van der Waals surface area contributed by atoms with E-state index in [4.69, 9.17) is 4.74 Å². The smallest absolute Gasteiger partial charge is 0.168 e. The molecular formula is C10H12FNO. The monoisotopic (exact) mass is 181 g/mol. The summed E-state index contributed by atoms with van der Waals surface area (Å²) in [6, 6.07) is 3.69. The molecule has 1 aromatic carbocycles. The molecule has 0 bridgehead atoms. The number of ether oxygens (including phenoxy) is 1. The summed E-state index contributed by atoms with van der Waals surface area (Å²) in [5, 5.41) is 3.16. The zero-order chi connectivity index (χ0) is 9.26. The summed E-state index contributed by atoms with van der Waals surface area (Å²) in [6.45, 7) is 3.74. The van der Waals surface area contributed by atoms with Crippen LogP contribution in [0.2, 0.25) is 0 Å². The van der Waals surface area contributed by atoms with Crippen LogP contribution in [0.1, 0.15) is 11.1 Å². The van der Waals surface area contributed by atoms with Gasteiger partial charge in [-0.2, -0.15) is 0 Å². The average Bonchev–Trinajstić information content (AvgIpc) is 2.36. The first-order valence-corrected chi connectivity index (χ1v) is 4.40. The fourth-order valence-corrected chi connectivity index (χ4v) is 1.44. The van der Waals surface area contributed by atoms with E-state index in [0.717, 1.165) is 12.1 Å². The Kier molecular flexibility index (Phi) is 2.19. The highest BCUT2D eigenvalue weighted by Crippen LogP contribution is 2.26. The van der Waals surface area contributed by atoms with Crippen LogP contribution >= 0.6 is 0 Å². The summed E-state index contributed by atoms with van der Waals surface area (Å²) < 4.78 is 18.8. The maximum atomic E-state index is 13.5. The van der Waals surface area contributed by atoms with E-state index in [1.807, 2.05) is 6.07 Å². The number of halogens is 1. The lowest BCUT2D eigenvalue weighted by Crippen LogP contribution is -2.16. The molecular weight excluding hydrogens is 169 g/mol. The molecule has 0 aliphatic carbocycles. The van der Waals surface area contributed by atoms with Gasteiger partial charge in [-0.1, -0.05) is 12.1 Å². The summed E-state index contributed by atoms with van der Waals surface area (Å²) in [6.07, 6.45) is 0. The SMILES string of the molecule is Cc1ccc2c(c1F)OCCNC2. The van der Waals surface area contributed by atoms with E-state index in [1.54, 1.807) is 13.0 Å². The zero-order valence-corrected chi connectivity index (χ0v) is 7.56. The topological polar surface area (TPSA) is 21.3 Å². The Morgan fingerprint density at radius 3 is 3.15 bits per heavy atom. The zero-order valence-electron chi connectivity index (χ0n) is 7.56. The molecule has 0 amide bonds. The molecule has 0 saturated carbocycles. The molecule has 0 atom stereocenters. The molecule has 0 radical (unpaired) electrons. The number of hydrogen-bond donors (Lipinski definition) is 1. The van der Waals surface area contributed by atoms with Crippen LogP contribution in [-0.2, 0) is 6.54 Å². The van der Waals surface area contributed by atoms with Crippen molar-refractivity contribution in [2.24, 2.45) is 0 Å². The van der Waals surface area contributed by atoms with Gasteiger partial charge in [-0.3, -0.25) is 0 Å². The van der Waals surface area contributed by atoms with Gasteiger partial charge in [0.1, 0.15) is 6.61 Å². The van der Waals surface area contributed by atoms with Crippen molar-refractivity contribution in [1.29, 1.82) is 0 Å². The Balaban J connectivity index is 2.48. The van der Waals surface area contributed by atoms with Gasteiger partial charge in [-0.05, 0) is 12.5 Å². The van der Waals surface area contributed by atoms with Gasteiger partial charge in [0.15, 0.2) is 11.6 Å². The van der Waals surface area contributed by atoms with E-state index in [1.165, 1.54) is 0 Å². The van der Waals surface area contributed by atoms with E-state index in [0.29, 0.717) is 24.5 Å². The van der Waals surface area contributed by atoms with Gasteiger partial charge >= 0.3 is 0 Å². The van der Waals surface area contributed by atoms with Crippen LogP contribution in [0.4, 0.5) is 4.39 Å². The van der Waals surface area contributed by atoms with Crippen molar-refractivity contribution in [2.45, 2.75) is 13.5 Å². The number of hydrogen-bond acceptors (Lipinski definition) is 2. The molecule has 1 aromatic rings. The van der Waals surface area contributed by atoms with E-state index in [-0.39, 0.29) is 5.82 Å². The molecule has 0 spiro atoms. The van der Waals surface area contributed by atoms with Gasteiger partial charge in [-0.15, -0.1) is 0 Å². The molecule has 0 unspecified atom stereocenters. The first kappa shape index (κ1) is 8.51. The molecule has 1 aliphatic rings. The van der Waals surface area contributed by atoms with Crippen LogP contribution in [0.15, 0.2) is 12.1 Å². The quantitative estimate of drug-likeness (QED) is 0.656. The van der Waals surface area contributed by atoms with Gasteiger partial charge in [0.2, 0.25) is 0 Å². The summed E-state index contributed by atoms with van der Waals surface area (Å²) in [5.74, 6) is 0.200. The largest absolute Gasteiger partial charge is 0.489 e. The van der Waals surface area contributed by atoms with E-state index < -0.39 is 0 Å². The lowest BCUT2D eigenvalue weighted by atomic mass is 10.1. The van der Waals surface area contributed by atoms with Crippen LogP contribution in [-0.4, -0.2) is 13.2 Å². The lowest BCUT2D eigenvalue weighted by molar-refractivity contribution is 0.309. The van der Waals surface area contributed by atoms with Crippen molar-refractivity contribution in [2.75, 3.05) is 13.2 Å². The molecule has 1 N–H and O–H groups in total. The van der Waals surface area contributed by atoms with Crippen molar-refractivity contribution < 1.29 is 9.13 Å². The summed E-state index contributed by atoms with van der Waals surface area (Å²) >= 11 is 0. The minimum Gasteiger partial charge on any atom is -0.489 e. The third kappa shape index (κ3) is 1.52. The summed E-state index contributed by atoms with van der Waals surface area (Å²) in [5.41, 5.74) is 1.54. The second-order valence-electron chi connectivity index (χ2n) is 3.21. The maximum absolute atomic E-state index is 13.5. The van der Waals surface area contributed by atoms with Crippen molar-refractivity contribution in [3.8, 4) is 5.75 Å². The van der Waals surface area contributed by atoms with Gasteiger partial charge in [0.05, 0.1) is 0 Å². The van der Waals surface area contributed by atoms with Crippen molar-refractivity contribution in [3.63, 3.8) is 0 Å². The summed E-state index contributed by atoms with van der Waals surface area (Å²) in [4.78, 5) is 0. The minimum atomic E-state index is -0.221. The predicted octanol–water partition coefficient (Wildman–Crippen LogP) is 1.62. The van der Waals surface area contributed by atoms with Crippen molar-refractivity contribution in [3.05, 3.63) is 29.1 Å². The fraction of sp³-hybridized carbons (Fsp3) is 0.400. The van der Waals surface area contributed by atoms with Crippen LogP contribution in [0, 0.1) is 12.7 Å². The molecule has 13 heavy (non-hydrogen) atoms. The van der Waals surface area contributed by atoms with Crippen LogP contribution < -0.4 is 10.1 Å². The molecule has 0 fully saturated rings. The van der Waals surface area contributed by atoms with Crippen LogP contribution in [0.5, 0.6) is 5.75 Å². The second kappa shape index (κ2) is 3.34. The normalized spacial score (nSPS) is 15.8. The molecule has 2 nitrogen and oxygen atoms in total. The number of benzene rings is 1. The highest BCUT2D eigenvalue weighted by Gasteiger charge is 2.14. The highest BCUT2D eigenvalue weighted by molar-refractivity contribution is 5.39. The van der Waals surface area contributed by atoms with Crippen LogP contribution in [0.3, 0.4) is 0 Å². The van der Waals surface area contributed by atoms with Gasteiger partial charge in [-0.25, -0.2) is 4.39 Å². The first-order chi connectivity index (χ1) is 6.29. The standard InChI is InChI=1S/C10H12FNO/c1-7-2-3-8-6-12-4-5-13-10(8)9(7)11/h2-3,12H,4-6H2,1H3. The third-order valence-corrected chi connectivity index (χ3v) is 2.21. The number of fused-ring (bicyclic) bond motifs is 1. The number of aryl methyl sites for hydroxylation is 1. The molecule has 1 aliphatic heterocycles. The van der Waals surface area contributed by atoms with Gasteiger partial charge in [0, 0.05) is 18.7 Å². The Morgan fingerprint density at radius 2 is 2.31 bits per heavy atom. The Morgan fingerprint density at radius 1 is 1.46 bits per heavy atom. The summed E-state index contributed by atoms with van der Waals surface area (Å²) in [7, 11) is 0. The molecule has 1 heterocycles. The first-order valence-electron chi connectivity index (χ1n) is 4.40. The minimum absolute atomic E-state index is 0.221. The number of rotatable bonds is 0. The number of nitrogens with one attached hydrogen (secondary N) is 1. The fourth-order valence-electron chi connectivity index (χ4n) is 1.44. The Labute approximate surface area is 76.7 Å². The van der Waals surface area contributed by atoms with E-state index in [2.05, 4.69) is 5.32 Å². The molecule has 70 valence electrons. The van der Waals surface area contributed by atoms with E-state index >= 15 is 0 Å². The highest BCUT2D eigenvalue weighted by atomic mass is 19.1. The lowest BCUT2D eigenvalue weighted by Gasteiger charge is -2.08. The van der Waals surface area contributed by atoms with Crippen molar-refractivity contribution in [1.82, 2.24) is 5.32 Å². The second-order valence-corrected chi connectivity index (χ2v) is 3.21. The van der Waals surface area contributed by atoms with Gasteiger partial charge < -0.3 is 10.1 Å². The van der Waals surface area contributed by atoms with Gasteiger partial charge in [0.25, 0.3) is 0 Å². The predicted molar refractivity (Wildman–Crippen MR) is 48.3 cm³/mol. The van der Waals surface area contributed by atoms with Crippen LogP contribution in [0.25, 0.3) is 0 Å².